The minimum atomic E-state index is -4.01. The normalized spacial score (nSPS) is 17.1. The van der Waals surface area contributed by atoms with Crippen LogP contribution in [0.3, 0.4) is 0 Å². The molecule has 2 aliphatic rings. The first-order chi connectivity index (χ1) is 18.4. The molecular formula is C29H33N3O5S. The first-order valence-corrected chi connectivity index (χ1v) is 14.4. The van der Waals surface area contributed by atoms with Crippen LogP contribution in [0.1, 0.15) is 25.3 Å². The number of nitrogens with one attached hydrogen (secondary N) is 1. The summed E-state index contributed by atoms with van der Waals surface area (Å²) < 4.78 is 39.5. The van der Waals surface area contributed by atoms with Crippen molar-refractivity contribution in [2.75, 3.05) is 42.1 Å². The van der Waals surface area contributed by atoms with Crippen LogP contribution in [0.5, 0.6) is 11.5 Å². The molecule has 1 N–H and O–H groups in total. The molecule has 0 aromatic heterocycles. The summed E-state index contributed by atoms with van der Waals surface area (Å²) in [4.78, 5) is 15.5. The van der Waals surface area contributed by atoms with Gasteiger partial charge in [0.1, 0.15) is 19.8 Å². The molecule has 9 heteroatoms. The average Bonchev–Trinajstić information content (AvgIpc) is 2.95. The predicted octanol–water partition coefficient (Wildman–Crippen LogP) is 4.21. The van der Waals surface area contributed by atoms with Crippen molar-refractivity contribution in [2.45, 2.75) is 31.2 Å². The minimum Gasteiger partial charge on any atom is -0.486 e. The number of piperidine rings is 1. The maximum absolute atomic E-state index is 13.6. The Morgan fingerprint density at radius 2 is 1.74 bits per heavy atom. The van der Waals surface area contributed by atoms with E-state index in [1.54, 1.807) is 36.4 Å². The lowest BCUT2D eigenvalue weighted by atomic mass is 9.99. The Bertz CT molecular complexity index is 1360. The van der Waals surface area contributed by atoms with Gasteiger partial charge in [-0.25, -0.2) is 8.42 Å². The van der Waals surface area contributed by atoms with Crippen molar-refractivity contribution in [3.8, 4) is 11.5 Å². The van der Waals surface area contributed by atoms with Gasteiger partial charge in [-0.05, 0) is 60.7 Å². The van der Waals surface area contributed by atoms with Gasteiger partial charge in [-0.2, -0.15) is 0 Å². The molecule has 0 saturated carbocycles. The lowest BCUT2D eigenvalue weighted by molar-refractivity contribution is -0.119. The number of carbonyl (C=O) groups is 1. The van der Waals surface area contributed by atoms with E-state index < -0.39 is 15.9 Å². The molecule has 1 atom stereocenters. The number of ether oxygens (including phenoxy) is 2. The molecule has 0 spiro atoms. The van der Waals surface area contributed by atoms with Gasteiger partial charge >= 0.3 is 0 Å². The van der Waals surface area contributed by atoms with Crippen LogP contribution >= 0.6 is 0 Å². The topological polar surface area (TPSA) is 88.2 Å². The van der Waals surface area contributed by atoms with E-state index in [1.165, 1.54) is 30.7 Å². The number of hydrogen-bond acceptors (Lipinski definition) is 6. The minimum absolute atomic E-state index is 0.102. The summed E-state index contributed by atoms with van der Waals surface area (Å²) in [5.41, 5.74) is 2.46. The van der Waals surface area contributed by atoms with Crippen molar-refractivity contribution in [2.24, 2.45) is 5.92 Å². The van der Waals surface area contributed by atoms with Gasteiger partial charge in [-0.1, -0.05) is 37.3 Å². The Balaban J connectivity index is 1.30. The van der Waals surface area contributed by atoms with Crippen LogP contribution in [-0.4, -0.2) is 47.2 Å². The SMILES string of the molecule is CC1CCCN(c2ccc(CNC(=O)CN(c3ccc4c(c3)OCCO4)S(=O)(=O)c3ccccc3)cc2)C1. The highest BCUT2D eigenvalue weighted by Crippen LogP contribution is 2.35. The van der Waals surface area contributed by atoms with Gasteiger partial charge in [0.05, 0.1) is 10.6 Å². The standard InChI is InChI=1S/C29H33N3O5S/c1-22-6-5-15-31(20-22)24-11-9-23(10-12-24)19-30-29(33)21-32(38(34,35)26-7-3-2-4-8-26)25-13-14-27-28(18-25)37-17-16-36-27/h2-4,7-14,18,22H,5-6,15-17,19-21H2,1H3,(H,30,33). The van der Waals surface area contributed by atoms with Crippen LogP contribution < -0.4 is 24.0 Å². The Labute approximate surface area is 224 Å². The summed E-state index contributed by atoms with van der Waals surface area (Å²) in [5, 5.41) is 2.88. The molecule has 200 valence electrons. The van der Waals surface area contributed by atoms with E-state index in [0.717, 1.165) is 23.0 Å². The number of sulfonamides is 1. The number of carbonyl (C=O) groups excluding carboxylic acids is 1. The fourth-order valence-electron chi connectivity index (χ4n) is 4.86. The molecule has 3 aromatic rings. The van der Waals surface area contributed by atoms with Crippen LogP contribution in [-0.2, 0) is 21.4 Å². The smallest absolute Gasteiger partial charge is 0.264 e. The number of rotatable bonds is 8. The van der Waals surface area contributed by atoms with Crippen LogP contribution in [0, 0.1) is 5.92 Å². The van der Waals surface area contributed by atoms with E-state index in [-0.39, 0.29) is 11.4 Å². The van der Waals surface area contributed by atoms with Gasteiger partial charge < -0.3 is 19.7 Å². The third-order valence-corrected chi connectivity index (χ3v) is 8.67. The quantitative estimate of drug-likeness (QED) is 0.465. The molecule has 2 aliphatic heterocycles. The largest absolute Gasteiger partial charge is 0.486 e. The second kappa shape index (κ2) is 11.3. The number of amides is 1. The molecule has 2 heterocycles. The molecule has 1 amide bonds. The molecule has 0 bridgehead atoms. The van der Waals surface area contributed by atoms with Crippen molar-refractivity contribution < 1.29 is 22.7 Å². The van der Waals surface area contributed by atoms with Gasteiger partial charge in [0.15, 0.2) is 11.5 Å². The third-order valence-electron chi connectivity index (χ3n) is 6.88. The number of benzene rings is 3. The first kappa shape index (κ1) is 25.9. The van der Waals surface area contributed by atoms with Crippen molar-refractivity contribution in [3.63, 3.8) is 0 Å². The fraction of sp³-hybridized carbons (Fsp3) is 0.345. The molecule has 3 aromatic carbocycles. The van der Waals surface area contributed by atoms with Gasteiger partial charge in [0.25, 0.3) is 10.0 Å². The predicted molar refractivity (Wildman–Crippen MR) is 147 cm³/mol. The maximum atomic E-state index is 13.6. The second-order valence-corrected chi connectivity index (χ2v) is 11.7. The summed E-state index contributed by atoms with van der Waals surface area (Å²) in [6.07, 6.45) is 2.47. The van der Waals surface area contributed by atoms with E-state index in [1.807, 2.05) is 12.1 Å². The molecule has 1 fully saturated rings. The van der Waals surface area contributed by atoms with Crippen molar-refractivity contribution in [1.29, 1.82) is 0 Å². The van der Waals surface area contributed by atoms with E-state index >= 15 is 0 Å². The van der Waals surface area contributed by atoms with Gasteiger partial charge in [-0.3, -0.25) is 9.10 Å². The zero-order valence-electron chi connectivity index (χ0n) is 21.5. The lowest BCUT2D eigenvalue weighted by Crippen LogP contribution is -2.40. The highest BCUT2D eigenvalue weighted by Gasteiger charge is 2.28. The van der Waals surface area contributed by atoms with Crippen LogP contribution in [0.15, 0.2) is 77.7 Å². The van der Waals surface area contributed by atoms with Crippen LogP contribution in [0.4, 0.5) is 11.4 Å². The molecular weight excluding hydrogens is 502 g/mol. The summed E-state index contributed by atoms with van der Waals surface area (Å²) in [5.74, 6) is 1.27. The molecule has 38 heavy (non-hydrogen) atoms. The number of anilines is 2. The monoisotopic (exact) mass is 535 g/mol. The summed E-state index contributed by atoms with van der Waals surface area (Å²) >= 11 is 0. The summed E-state index contributed by atoms with van der Waals surface area (Å²) in [7, 11) is -4.01. The zero-order chi connectivity index (χ0) is 26.5. The van der Waals surface area contributed by atoms with Gasteiger partial charge in [0.2, 0.25) is 5.91 Å². The maximum Gasteiger partial charge on any atom is 0.264 e. The molecule has 5 rings (SSSR count). The van der Waals surface area contributed by atoms with E-state index in [2.05, 4.69) is 29.3 Å². The Hall–Kier alpha value is -3.72. The van der Waals surface area contributed by atoms with Crippen LogP contribution in [0.2, 0.25) is 0 Å². The Morgan fingerprint density at radius 3 is 2.47 bits per heavy atom. The molecule has 1 saturated heterocycles. The highest BCUT2D eigenvalue weighted by molar-refractivity contribution is 7.92. The average molecular weight is 536 g/mol. The van der Waals surface area contributed by atoms with E-state index in [4.69, 9.17) is 9.47 Å². The Kier molecular flexibility index (Phi) is 7.74. The van der Waals surface area contributed by atoms with Crippen molar-refractivity contribution in [1.82, 2.24) is 5.32 Å². The molecule has 8 nitrogen and oxygen atoms in total. The number of hydrogen-bond donors (Lipinski definition) is 1. The second-order valence-electron chi connectivity index (χ2n) is 9.79. The lowest BCUT2D eigenvalue weighted by Gasteiger charge is -2.32. The number of fused-ring (bicyclic) bond motifs is 1. The Morgan fingerprint density at radius 1 is 1.00 bits per heavy atom. The number of nitrogens with zero attached hydrogens (tertiary/aromatic N) is 2. The van der Waals surface area contributed by atoms with E-state index in [0.29, 0.717) is 42.9 Å². The highest BCUT2D eigenvalue weighted by atomic mass is 32.2. The molecule has 0 aliphatic carbocycles. The third kappa shape index (κ3) is 5.88. The molecule has 0 radical (unpaired) electrons. The van der Waals surface area contributed by atoms with Crippen LogP contribution in [0.25, 0.3) is 0 Å². The van der Waals surface area contributed by atoms with Crippen molar-refractivity contribution >= 4 is 27.3 Å². The van der Waals surface area contributed by atoms with E-state index in [9.17, 15) is 13.2 Å². The summed E-state index contributed by atoms with van der Waals surface area (Å²) in [6, 6.07) is 21.2. The zero-order valence-corrected chi connectivity index (χ0v) is 22.3. The fourth-order valence-corrected chi connectivity index (χ4v) is 6.29. The van der Waals surface area contributed by atoms with Gasteiger partial charge in [-0.15, -0.1) is 0 Å². The van der Waals surface area contributed by atoms with Gasteiger partial charge in [0, 0.05) is 31.4 Å². The molecule has 1 unspecified atom stereocenters. The first-order valence-electron chi connectivity index (χ1n) is 13.0. The van der Waals surface area contributed by atoms with Crippen molar-refractivity contribution in [3.05, 3.63) is 78.4 Å². The summed E-state index contributed by atoms with van der Waals surface area (Å²) in [6.45, 7) is 5.13.